The van der Waals surface area contributed by atoms with Crippen molar-refractivity contribution in [1.82, 2.24) is 5.32 Å². The van der Waals surface area contributed by atoms with Crippen LogP contribution in [0, 0.1) is 5.92 Å². The van der Waals surface area contributed by atoms with Gasteiger partial charge in [-0.2, -0.15) is 0 Å². The van der Waals surface area contributed by atoms with Crippen LogP contribution in [0.15, 0.2) is 12.1 Å². The molecular weight excluding hydrogens is 286 g/mol. The summed E-state index contributed by atoms with van der Waals surface area (Å²) in [5, 5.41) is 11.9. The van der Waals surface area contributed by atoms with Gasteiger partial charge in [0.2, 0.25) is 6.79 Å². The first-order chi connectivity index (χ1) is 9.56. The van der Waals surface area contributed by atoms with E-state index in [0.717, 1.165) is 12.8 Å². The molecule has 0 saturated heterocycles. The van der Waals surface area contributed by atoms with Gasteiger partial charge in [0.25, 0.3) is 5.91 Å². The number of benzene rings is 1. The number of rotatable bonds is 4. The summed E-state index contributed by atoms with van der Waals surface area (Å²) < 4.78 is 10.3. The number of hydrogen-bond acceptors (Lipinski definition) is 4. The van der Waals surface area contributed by atoms with Gasteiger partial charge in [0.05, 0.1) is 5.02 Å². The van der Waals surface area contributed by atoms with E-state index in [4.69, 9.17) is 26.2 Å². The molecule has 1 aliphatic heterocycles. The summed E-state index contributed by atoms with van der Waals surface area (Å²) in [6.07, 6.45) is 1.64. The maximum Gasteiger partial charge on any atom is 0.326 e. The summed E-state index contributed by atoms with van der Waals surface area (Å²) in [5.41, 5.74) is 0.256. The number of nitrogens with one attached hydrogen (secondary N) is 1. The Balaban J connectivity index is 1.80. The van der Waals surface area contributed by atoms with Crippen molar-refractivity contribution in [2.75, 3.05) is 6.79 Å². The summed E-state index contributed by atoms with van der Waals surface area (Å²) in [6.45, 7) is 0.0555. The van der Waals surface area contributed by atoms with E-state index in [1.165, 1.54) is 12.1 Å². The molecule has 1 amide bonds. The molecule has 0 aromatic heterocycles. The van der Waals surface area contributed by atoms with Crippen molar-refractivity contribution < 1.29 is 24.2 Å². The Hall–Kier alpha value is -1.95. The van der Waals surface area contributed by atoms with Crippen LogP contribution in [-0.4, -0.2) is 29.8 Å². The van der Waals surface area contributed by atoms with Crippen molar-refractivity contribution in [1.29, 1.82) is 0 Å². The maximum absolute atomic E-state index is 12.1. The summed E-state index contributed by atoms with van der Waals surface area (Å²) >= 11 is 5.99. The van der Waals surface area contributed by atoms with Gasteiger partial charge >= 0.3 is 5.97 Å². The Morgan fingerprint density at radius 2 is 2.10 bits per heavy atom. The highest BCUT2D eigenvalue weighted by atomic mass is 35.5. The highest BCUT2D eigenvalue weighted by Crippen LogP contribution is 2.40. The average Bonchev–Trinajstić information content (AvgIpc) is 3.12. The summed E-state index contributed by atoms with van der Waals surface area (Å²) in [7, 11) is 0. The second kappa shape index (κ2) is 4.86. The fraction of sp³-hybridized carbons (Fsp3) is 0.385. The highest BCUT2D eigenvalue weighted by molar-refractivity contribution is 6.32. The minimum Gasteiger partial charge on any atom is -0.480 e. The van der Waals surface area contributed by atoms with Gasteiger partial charge in [-0.3, -0.25) is 4.79 Å². The number of carboxylic acid groups (broad SMARTS) is 1. The molecular formula is C13H12ClNO5. The number of carboxylic acids is 1. The number of amides is 1. The van der Waals surface area contributed by atoms with E-state index in [1.54, 1.807) is 0 Å². The molecule has 1 atom stereocenters. The number of hydrogen-bond donors (Lipinski definition) is 2. The zero-order chi connectivity index (χ0) is 14.3. The molecule has 1 aliphatic carbocycles. The molecule has 1 saturated carbocycles. The van der Waals surface area contributed by atoms with E-state index < -0.39 is 17.9 Å². The van der Waals surface area contributed by atoms with Crippen LogP contribution in [0.2, 0.25) is 5.02 Å². The summed E-state index contributed by atoms with van der Waals surface area (Å²) in [6, 6.07) is 2.08. The summed E-state index contributed by atoms with van der Waals surface area (Å²) in [4.78, 5) is 23.2. The van der Waals surface area contributed by atoms with Crippen molar-refractivity contribution in [2.45, 2.75) is 18.9 Å². The highest BCUT2D eigenvalue weighted by Gasteiger charge is 2.37. The fourth-order valence-corrected chi connectivity index (χ4v) is 2.40. The van der Waals surface area contributed by atoms with Crippen molar-refractivity contribution in [3.63, 3.8) is 0 Å². The lowest BCUT2D eigenvalue weighted by molar-refractivity contribution is -0.139. The Kier molecular flexibility index (Phi) is 3.17. The van der Waals surface area contributed by atoms with Gasteiger partial charge in [-0.1, -0.05) is 11.6 Å². The summed E-state index contributed by atoms with van der Waals surface area (Å²) in [5.74, 6) is -0.695. The van der Waals surface area contributed by atoms with E-state index >= 15 is 0 Å². The second-order valence-electron chi connectivity index (χ2n) is 4.82. The molecule has 0 bridgehead atoms. The van der Waals surface area contributed by atoms with Crippen LogP contribution in [0.5, 0.6) is 11.5 Å². The molecule has 2 aliphatic rings. The molecule has 1 heterocycles. The van der Waals surface area contributed by atoms with Gasteiger partial charge < -0.3 is 19.9 Å². The predicted octanol–water partition coefficient (Wildman–Crippen LogP) is 1.66. The van der Waals surface area contributed by atoms with E-state index in [9.17, 15) is 9.59 Å². The lowest BCUT2D eigenvalue weighted by Gasteiger charge is -2.14. The van der Waals surface area contributed by atoms with Crippen molar-refractivity contribution >= 4 is 23.5 Å². The Morgan fingerprint density at radius 1 is 1.35 bits per heavy atom. The van der Waals surface area contributed by atoms with E-state index in [2.05, 4.69) is 5.32 Å². The normalized spacial score (nSPS) is 17.6. The van der Waals surface area contributed by atoms with Gasteiger partial charge in [-0.25, -0.2) is 4.79 Å². The van der Waals surface area contributed by atoms with Crippen molar-refractivity contribution in [3.05, 3.63) is 22.7 Å². The van der Waals surface area contributed by atoms with Crippen molar-refractivity contribution in [2.24, 2.45) is 5.92 Å². The first-order valence-corrected chi connectivity index (χ1v) is 6.57. The number of fused-ring (bicyclic) bond motifs is 1. The van der Waals surface area contributed by atoms with Crippen LogP contribution < -0.4 is 14.8 Å². The lowest BCUT2D eigenvalue weighted by atomic mass is 10.1. The Labute approximate surface area is 119 Å². The number of carbonyl (C=O) groups excluding carboxylic acids is 1. The van der Waals surface area contributed by atoms with E-state index in [-0.39, 0.29) is 23.3 Å². The average molecular weight is 298 g/mol. The molecule has 106 valence electrons. The molecule has 1 aromatic carbocycles. The quantitative estimate of drug-likeness (QED) is 0.883. The third kappa shape index (κ3) is 2.38. The van der Waals surface area contributed by atoms with Gasteiger partial charge in [0.1, 0.15) is 6.04 Å². The number of halogens is 1. The third-order valence-electron chi connectivity index (χ3n) is 3.34. The molecule has 7 heteroatoms. The number of ether oxygens (including phenoxy) is 2. The molecule has 1 unspecified atom stereocenters. The third-order valence-corrected chi connectivity index (χ3v) is 3.62. The van der Waals surface area contributed by atoms with Gasteiger partial charge in [0.15, 0.2) is 11.5 Å². The fourth-order valence-electron chi connectivity index (χ4n) is 2.13. The maximum atomic E-state index is 12.1. The van der Waals surface area contributed by atoms with Crippen LogP contribution >= 0.6 is 11.6 Å². The first kappa shape index (κ1) is 13.1. The van der Waals surface area contributed by atoms with Crippen LogP contribution in [0.4, 0.5) is 0 Å². The van der Waals surface area contributed by atoms with Crippen molar-refractivity contribution in [3.8, 4) is 11.5 Å². The minimum atomic E-state index is -1.02. The molecule has 20 heavy (non-hydrogen) atoms. The van der Waals surface area contributed by atoms with Gasteiger partial charge in [0, 0.05) is 5.56 Å². The molecule has 2 N–H and O–H groups in total. The SMILES string of the molecule is O=C(NC(C(=O)O)C1CC1)c1cc(Cl)c2c(c1)OCO2. The lowest BCUT2D eigenvalue weighted by Crippen LogP contribution is -2.42. The standard InChI is InChI=1S/C13H12ClNO5/c14-8-3-7(4-9-11(8)20-5-19-9)12(16)15-10(13(17)18)6-1-2-6/h3-4,6,10H,1-2,5H2,(H,15,16)(H,17,18). The molecule has 0 radical (unpaired) electrons. The first-order valence-electron chi connectivity index (χ1n) is 6.19. The number of aliphatic carboxylic acids is 1. The Morgan fingerprint density at radius 3 is 2.75 bits per heavy atom. The van der Waals surface area contributed by atoms with Crippen LogP contribution in [0.1, 0.15) is 23.2 Å². The van der Waals surface area contributed by atoms with Gasteiger partial charge in [-0.15, -0.1) is 0 Å². The van der Waals surface area contributed by atoms with E-state index in [1.807, 2.05) is 0 Å². The minimum absolute atomic E-state index is 0.0148. The monoisotopic (exact) mass is 297 g/mol. The predicted molar refractivity (Wildman–Crippen MR) is 69.2 cm³/mol. The van der Waals surface area contributed by atoms with Crippen LogP contribution in [0.3, 0.4) is 0 Å². The topological polar surface area (TPSA) is 84.9 Å². The molecule has 1 aromatic rings. The van der Waals surface area contributed by atoms with E-state index in [0.29, 0.717) is 11.5 Å². The van der Waals surface area contributed by atoms with Crippen LogP contribution in [-0.2, 0) is 4.79 Å². The molecule has 1 fully saturated rings. The Bertz CT molecular complexity index is 584. The van der Waals surface area contributed by atoms with Gasteiger partial charge in [-0.05, 0) is 30.9 Å². The molecule has 6 nitrogen and oxygen atoms in total. The zero-order valence-corrected chi connectivity index (χ0v) is 11.1. The smallest absolute Gasteiger partial charge is 0.326 e. The zero-order valence-electron chi connectivity index (χ0n) is 10.4. The van der Waals surface area contributed by atoms with Crippen LogP contribution in [0.25, 0.3) is 0 Å². The molecule has 3 rings (SSSR count). The largest absolute Gasteiger partial charge is 0.480 e. The molecule has 0 spiro atoms. The second-order valence-corrected chi connectivity index (χ2v) is 5.23. The number of carbonyl (C=O) groups is 2.